The van der Waals surface area contributed by atoms with E-state index in [4.69, 9.17) is 4.42 Å². The van der Waals surface area contributed by atoms with Crippen molar-refractivity contribution in [2.45, 2.75) is 38.0 Å². The molecule has 1 N–H and O–H groups in total. The summed E-state index contributed by atoms with van der Waals surface area (Å²) in [6.07, 6.45) is -0.126. The van der Waals surface area contributed by atoms with Crippen LogP contribution in [-0.4, -0.2) is 85.7 Å². The summed E-state index contributed by atoms with van der Waals surface area (Å²) in [7, 11) is 1.71. The fourth-order valence-electron chi connectivity index (χ4n) is 3.99. The minimum absolute atomic E-state index is 0. The summed E-state index contributed by atoms with van der Waals surface area (Å²) in [6.45, 7) is 5.75. The first-order chi connectivity index (χ1) is 13.4. The number of furan rings is 1. The second-order valence-electron chi connectivity index (χ2n) is 7.44. The van der Waals surface area contributed by atoms with Gasteiger partial charge < -0.3 is 14.6 Å². The van der Waals surface area contributed by atoms with E-state index >= 15 is 0 Å². The summed E-state index contributed by atoms with van der Waals surface area (Å²) < 4.78 is 44.5. The van der Waals surface area contributed by atoms with Gasteiger partial charge in [0.2, 0.25) is 0 Å². The molecule has 3 rings (SSSR count). The highest BCUT2D eigenvalue weighted by Gasteiger charge is 2.41. The molecule has 0 spiro atoms. The van der Waals surface area contributed by atoms with E-state index in [0.717, 1.165) is 24.8 Å². The highest BCUT2D eigenvalue weighted by molar-refractivity contribution is 14.0. The Morgan fingerprint density at radius 3 is 2.31 bits per heavy atom. The number of rotatable bonds is 5. The Kier molecular flexibility index (Phi) is 9.08. The van der Waals surface area contributed by atoms with Gasteiger partial charge in [-0.25, -0.2) is 0 Å². The lowest BCUT2D eigenvalue weighted by molar-refractivity contribution is -0.181. The number of nitrogens with zero attached hydrogens (tertiary/aromatic N) is 4. The molecule has 1 aromatic rings. The molecule has 29 heavy (non-hydrogen) atoms. The molecule has 10 heteroatoms. The summed E-state index contributed by atoms with van der Waals surface area (Å²) in [5, 5.41) is 3.41. The van der Waals surface area contributed by atoms with E-state index in [1.807, 2.05) is 17.0 Å². The molecule has 2 fully saturated rings. The first-order valence-electron chi connectivity index (χ1n) is 9.94. The van der Waals surface area contributed by atoms with E-state index in [1.165, 1.54) is 24.7 Å². The third-order valence-corrected chi connectivity index (χ3v) is 5.75. The number of hydrogen-bond donors (Lipinski definition) is 1. The van der Waals surface area contributed by atoms with Crippen LogP contribution in [-0.2, 0) is 0 Å². The maximum atomic E-state index is 12.9. The van der Waals surface area contributed by atoms with Crippen LogP contribution in [0.15, 0.2) is 27.8 Å². The van der Waals surface area contributed by atoms with Crippen molar-refractivity contribution in [1.29, 1.82) is 0 Å². The lowest BCUT2D eigenvalue weighted by Crippen LogP contribution is -2.57. The molecule has 2 aliphatic heterocycles. The molecule has 166 valence electrons. The normalized spacial score (nSPS) is 21.7. The summed E-state index contributed by atoms with van der Waals surface area (Å²) in [6, 6.07) is 2.60. The largest absolute Gasteiger partial charge is 0.468 e. The minimum atomic E-state index is -4.19. The SMILES string of the molecule is CN=C(NCC(c1ccco1)N1CCCC1)N1CCN(C(C)C(F)(F)F)CC1.I. The van der Waals surface area contributed by atoms with Crippen LogP contribution in [0, 0.1) is 0 Å². The number of halogens is 4. The van der Waals surface area contributed by atoms with Crippen molar-refractivity contribution in [3.8, 4) is 0 Å². The molecule has 0 saturated carbocycles. The molecule has 0 bridgehead atoms. The van der Waals surface area contributed by atoms with Gasteiger partial charge in [0.15, 0.2) is 5.96 Å². The van der Waals surface area contributed by atoms with E-state index in [0.29, 0.717) is 32.7 Å². The molecule has 2 atom stereocenters. The number of hydrogen-bond acceptors (Lipinski definition) is 4. The van der Waals surface area contributed by atoms with Gasteiger partial charge in [-0.05, 0) is 45.0 Å². The van der Waals surface area contributed by atoms with Crippen molar-refractivity contribution in [3.63, 3.8) is 0 Å². The Morgan fingerprint density at radius 2 is 1.79 bits per heavy atom. The van der Waals surface area contributed by atoms with Gasteiger partial charge in [0.05, 0.1) is 12.3 Å². The van der Waals surface area contributed by atoms with E-state index < -0.39 is 12.2 Å². The summed E-state index contributed by atoms with van der Waals surface area (Å²) in [5.41, 5.74) is 0. The highest BCUT2D eigenvalue weighted by Crippen LogP contribution is 2.26. The second kappa shape index (κ2) is 10.9. The van der Waals surface area contributed by atoms with Crippen molar-refractivity contribution in [2.75, 3.05) is 52.9 Å². The van der Waals surface area contributed by atoms with E-state index in [9.17, 15) is 13.2 Å². The monoisotopic (exact) mass is 529 g/mol. The number of likely N-dealkylation sites (tertiary alicyclic amines) is 1. The van der Waals surface area contributed by atoms with Crippen LogP contribution in [0.25, 0.3) is 0 Å². The van der Waals surface area contributed by atoms with Crippen molar-refractivity contribution in [2.24, 2.45) is 4.99 Å². The Hall–Kier alpha value is -1.01. The quantitative estimate of drug-likeness (QED) is 0.361. The average Bonchev–Trinajstić information content (AvgIpc) is 3.38. The lowest BCUT2D eigenvalue weighted by atomic mass is 10.2. The van der Waals surface area contributed by atoms with Crippen LogP contribution in [0.4, 0.5) is 13.2 Å². The van der Waals surface area contributed by atoms with Gasteiger partial charge in [-0.1, -0.05) is 0 Å². The molecule has 0 aromatic carbocycles. The highest BCUT2D eigenvalue weighted by atomic mass is 127. The number of nitrogens with one attached hydrogen (secondary N) is 1. The average molecular weight is 529 g/mol. The summed E-state index contributed by atoms with van der Waals surface area (Å²) in [5.74, 6) is 1.66. The molecule has 1 aromatic heterocycles. The van der Waals surface area contributed by atoms with Crippen LogP contribution < -0.4 is 5.32 Å². The van der Waals surface area contributed by atoms with Crippen molar-refractivity contribution in [3.05, 3.63) is 24.2 Å². The predicted molar refractivity (Wildman–Crippen MR) is 118 cm³/mol. The molecule has 2 unspecified atom stereocenters. The molecule has 2 saturated heterocycles. The van der Waals surface area contributed by atoms with E-state index in [1.54, 1.807) is 13.3 Å². The molecule has 0 radical (unpaired) electrons. The fraction of sp³-hybridized carbons (Fsp3) is 0.737. The van der Waals surface area contributed by atoms with Crippen molar-refractivity contribution in [1.82, 2.24) is 20.0 Å². The first kappa shape index (κ1) is 24.3. The number of aliphatic imine (C=N–C) groups is 1. The molecule has 0 aliphatic carbocycles. The summed E-state index contributed by atoms with van der Waals surface area (Å²) >= 11 is 0. The van der Waals surface area contributed by atoms with Crippen molar-refractivity contribution >= 4 is 29.9 Å². The molecule has 2 aliphatic rings. The molecule has 6 nitrogen and oxygen atoms in total. The number of alkyl halides is 3. The van der Waals surface area contributed by atoms with Crippen LogP contribution in [0.3, 0.4) is 0 Å². The predicted octanol–water partition coefficient (Wildman–Crippen LogP) is 3.18. The van der Waals surface area contributed by atoms with Crippen LogP contribution in [0.1, 0.15) is 31.6 Å². The van der Waals surface area contributed by atoms with Crippen molar-refractivity contribution < 1.29 is 17.6 Å². The Labute approximate surface area is 187 Å². The Morgan fingerprint density at radius 1 is 1.14 bits per heavy atom. The van der Waals surface area contributed by atoms with E-state index in [-0.39, 0.29) is 30.0 Å². The third-order valence-electron chi connectivity index (χ3n) is 5.75. The smallest absolute Gasteiger partial charge is 0.403 e. The maximum absolute atomic E-state index is 12.9. The first-order valence-corrected chi connectivity index (χ1v) is 9.94. The Bertz CT molecular complexity index is 626. The molecular formula is C19H31F3IN5O. The van der Waals surface area contributed by atoms with Crippen LogP contribution >= 0.6 is 24.0 Å². The van der Waals surface area contributed by atoms with Gasteiger partial charge in [-0.15, -0.1) is 24.0 Å². The lowest BCUT2D eigenvalue weighted by Gasteiger charge is -2.40. The zero-order valence-electron chi connectivity index (χ0n) is 17.0. The number of piperazine rings is 1. The van der Waals surface area contributed by atoms with E-state index in [2.05, 4.69) is 15.2 Å². The van der Waals surface area contributed by atoms with Gasteiger partial charge in [0.1, 0.15) is 11.8 Å². The van der Waals surface area contributed by atoms with Crippen LogP contribution in [0.5, 0.6) is 0 Å². The minimum Gasteiger partial charge on any atom is -0.468 e. The third kappa shape index (κ3) is 6.24. The second-order valence-corrected chi connectivity index (χ2v) is 7.44. The van der Waals surface area contributed by atoms with Gasteiger partial charge >= 0.3 is 6.18 Å². The zero-order chi connectivity index (χ0) is 20.1. The molecule has 0 amide bonds. The Balaban J connectivity index is 0.00000300. The van der Waals surface area contributed by atoms with Gasteiger partial charge in [0, 0.05) is 39.8 Å². The maximum Gasteiger partial charge on any atom is 0.403 e. The number of guanidine groups is 1. The molecule has 3 heterocycles. The fourth-order valence-corrected chi connectivity index (χ4v) is 3.99. The molecular weight excluding hydrogens is 498 g/mol. The standard InChI is InChI=1S/C19H30F3N5O.HI/c1-15(19(20,21)22)25-9-11-27(12-10-25)18(23-2)24-14-16(17-6-5-13-28-17)26-7-3-4-8-26;/h5-6,13,15-16H,3-4,7-12,14H2,1-2H3,(H,23,24);1H. The summed E-state index contributed by atoms with van der Waals surface area (Å²) in [4.78, 5) is 10.3. The topological polar surface area (TPSA) is 47.3 Å². The van der Waals surface area contributed by atoms with Gasteiger partial charge in [-0.2, -0.15) is 13.2 Å². The van der Waals surface area contributed by atoms with Crippen LogP contribution in [0.2, 0.25) is 0 Å². The van der Waals surface area contributed by atoms with Gasteiger partial charge in [-0.3, -0.25) is 14.8 Å². The van der Waals surface area contributed by atoms with Gasteiger partial charge in [0.25, 0.3) is 0 Å². The zero-order valence-corrected chi connectivity index (χ0v) is 19.3.